The molecule has 0 fully saturated rings. The topological polar surface area (TPSA) is 89.8 Å². The van der Waals surface area contributed by atoms with Gasteiger partial charge in [-0.2, -0.15) is 0 Å². The summed E-state index contributed by atoms with van der Waals surface area (Å²) in [5.41, 5.74) is 0.792. The Balaban J connectivity index is 1.46. The van der Waals surface area contributed by atoms with E-state index in [9.17, 15) is 18.4 Å². The van der Waals surface area contributed by atoms with E-state index < -0.39 is 23.4 Å². The lowest BCUT2D eigenvalue weighted by Gasteiger charge is -2.18. The Morgan fingerprint density at radius 1 is 0.788 bits per heavy atom. The summed E-state index contributed by atoms with van der Waals surface area (Å²) in [4.78, 5) is 25.8. The summed E-state index contributed by atoms with van der Waals surface area (Å²) in [5, 5.41) is 5.77. The Bertz CT molecular complexity index is 1400. The zero-order chi connectivity index (χ0) is 22.9. The van der Waals surface area contributed by atoms with Crippen molar-refractivity contribution in [2.24, 2.45) is 0 Å². The number of fused-ring (bicyclic) bond motifs is 2. The summed E-state index contributed by atoms with van der Waals surface area (Å²) in [6, 6.07) is 14.5. The zero-order valence-electron chi connectivity index (χ0n) is 17.0. The zero-order valence-corrected chi connectivity index (χ0v) is 17.0. The van der Waals surface area contributed by atoms with Gasteiger partial charge in [0.05, 0.1) is 0 Å². The summed E-state index contributed by atoms with van der Waals surface area (Å²) < 4.78 is 43.5. The number of carbonyl (C=O) groups excluding carboxylic acids is 2. The molecule has 9 heteroatoms. The average Bonchev–Trinajstić information content (AvgIpc) is 3.19. The molecular formula is C24H16F2N2O5. The van der Waals surface area contributed by atoms with Crippen LogP contribution in [0.2, 0.25) is 0 Å². The van der Waals surface area contributed by atoms with Gasteiger partial charge in [-0.25, -0.2) is 8.78 Å². The van der Waals surface area contributed by atoms with E-state index in [1.807, 2.05) is 0 Å². The molecule has 4 aromatic rings. The van der Waals surface area contributed by atoms with Crippen LogP contribution in [0.5, 0.6) is 11.5 Å². The van der Waals surface area contributed by atoms with Gasteiger partial charge in [-0.3, -0.25) is 9.59 Å². The van der Waals surface area contributed by atoms with Gasteiger partial charge < -0.3 is 24.5 Å². The third-order valence-electron chi connectivity index (χ3n) is 5.02. The van der Waals surface area contributed by atoms with Gasteiger partial charge in [0.15, 0.2) is 23.1 Å². The molecule has 0 aliphatic carbocycles. The average molecular weight is 450 g/mol. The van der Waals surface area contributed by atoms with E-state index in [2.05, 4.69) is 10.6 Å². The monoisotopic (exact) mass is 450 g/mol. The summed E-state index contributed by atoms with van der Waals surface area (Å²) >= 11 is 0. The summed E-state index contributed by atoms with van der Waals surface area (Å²) in [5.74, 6) is -2.66. The molecule has 0 unspecified atom stereocenters. The number of hydrogen-bond donors (Lipinski definition) is 2. The van der Waals surface area contributed by atoms with Crippen LogP contribution in [-0.2, 0) is 0 Å². The van der Waals surface area contributed by atoms with Gasteiger partial charge >= 0.3 is 0 Å². The number of rotatable bonds is 4. The molecule has 1 aliphatic heterocycles. The highest BCUT2D eigenvalue weighted by atomic mass is 19.2. The van der Waals surface area contributed by atoms with Gasteiger partial charge in [0, 0.05) is 22.7 Å². The quantitative estimate of drug-likeness (QED) is 0.457. The number of para-hydroxylation sites is 1. The normalized spacial score (nSPS) is 12.4. The highest BCUT2D eigenvalue weighted by Crippen LogP contribution is 2.35. The third kappa shape index (κ3) is 3.96. The van der Waals surface area contributed by atoms with Crippen LogP contribution in [0, 0.1) is 11.6 Å². The number of amides is 2. The fourth-order valence-corrected chi connectivity index (χ4v) is 3.46. The molecular weight excluding hydrogens is 434 g/mol. The van der Waals surface area contributed by atoms with Crippen LogP contribution in [0.1, 0.15) is 20.9 Å². The lowest BCUT2D eigenvalue weighted by molar-refractivity contribution is 0.0999. The SMILES string of the molecule is O=C(Nc1c(C(=O)Nc2ccc3c(c2)OCCO3)oc2ccccc12)c1ccc(F)c(F)c1. The van der Waals surface area contributed by atoms with E-state index >= 15 is 0 Å². The molecule has 0 saturated carbocycles. The summed E-state index contributed by atoms with van der Waals surface area (Å²) in [7, 11) is 0. The van der Waals surface area contributed by atoms with Gasteiger partial charge in [-0.1, -0.05) is 12.1 Å². The van der Waals surface area contributed by atoms with Gasteiger partial charge in [0.2, 0.25) is 5.76 Å². The number of furan rings is 1. The van der Waals surface area contributed by atoms with Crippen molar-refractivity contribution < 1.29 is 32.3 Å². The van der Waals surface area contributed by atoms with E-state index in [1.54, 1.807) is 42.5 Å². The molecule has 1 aliphatic rings. The Hall–Kier alpha value is -4.40. The van der Waals surface area contributed by atoms with Crippen LogP contribution in [0.4, 0.5) is 20.2 Å². The minimum absolute atomic E-state index is 0.107. The number of carbonyl (C=O) groups is 2. The number of benzene rings is 3. The predicted octanol–water partition coefficient (Wildman–Crippen LogP) is 4.99. The van der Waals surface area contributed by atoms with Crippen molar-refractivity contribution in [2.75, 3.05) is 23.8 Å². The van der Waals surface area contributed by atoms with Crippen molar-refractivity contribution in [1.82, 2.24) is 0 Å². The summed E-state index contributed by atoms with van der Waals surface area (Å²) in [6.45, 7) is 0.840. The summed E-state index contributed by atoms with van der Waals surface area (Å²) in [6.07, 6.45) is 0. The highest BCUT2D eigenvalue weighted by Gasteiger charge is 2.24. The Kier molecular flexibility index (Phi) is 5.14. The molecule has 3 aromatic carbocycles. The number of ether oxygens (including phenoxy) is 2. The molecule has 5 rings (SSSR count). The standard InChI is InChI=1S/C24H16F2N2O5/c25-16-7-5-13(11-17(16)26)23(29)28-21-15-3-1-2-4-18(15)33-22(21)24(30)27-14-6-8-19-20(12-14)32-10-9-31-19/h1-8,11-12H,9-10H2,(H,27,30)(H,28,29). The smallest absolute Gasteiger partial charge is 0.293 e. The molecule has 0 radical (unpaired) electrons. The first-order chi connectivity index (χ1) is 16.0. The van der Waals surface area contributed by atoms with Crippen LogP contribution in [0.25, 0.3) is 11.0 Å². The first-order valence-electron chi connectivity index (χ1n) is 9.98. The van der Waals surface area contributed by atoms with E-state index in [0.717, 1.165) is 18.2 Å². The van der Waals surface area contributed by atoms with E-state index in [4.69, 9.17) is 13.9 Å². The second kappa shape index (κ2) is 8.27. The second-order valence-corrected chi connectivity index (χ2v) is 7.20. The van der Waals surface area contributed by atoms with Crippen LogP contribution in [0.3, 0.4) is 0 Å². The molecule has 7 nitrogen and oxygen atoms in total. The molecule has 2 N–H and O–H groups in total. The molecule has 33 heavy (non-hydrogen) atoms. The minimum atomic E-state index is -1.16. The van der Waals surface area contributed by atoms with Crippen LogP contribution in [-0.4, -0.2) is 25.0 Å². The van der Waals surface area contributed by atoms with Crippen molar-refractivity contribution in [3.8, 4) is 11.5 Å². The Morgan fingerprint density at radius 2 is 1.58 bits per heavy atom. The Morgan fingerprint density at radius 3 is 2.39 bits per heavy atom. The maximum atomic E-state index is 13.6. The predicted molar refractivity (Wildman–Crippen MR) is 116 cm³/mol. The fourth-order valence-electron chi connectivity index (χ4n) is 3.46. The van der Waals surface area contributed by atoms with E-state index in [1.165, 1.54) is 0 Å². The number of hydrogen-bond acceptors (Lipinski definition) is 5. The van der Waals surface area contributed by atoms with Crippen molar-refractivity contribution >= 4 is 34.2 Å². The first-order valence-corrected chi connectivity index (χ1v) is 9.98. The van der Waals surface area contributed by atoms with Crippen LogP contribution < -0.4 is 20.1 Å². The third-order valence-corrected chi connectivity index (χ3v) is 5.02. The van der Waals surface area contributed by atoms with Gasteiger partial charge in [0.1, 0.15) is 24.5 Å². The molecule has 166 valence electrons. The molecule has 1 aromatic heterocycles. The van der Waals surface area contributed by atoms with Crippen molar-refractivity contribution in [3.63, 3.8) is 0 Å². The molecule has 2 amide bonds. The van der Waals surface area contributed by atoms with Crippen molar-refractivity contribution in [2.45, 2.75) is 0 Å². The number of anilines is 2. The van der Waals surface area contributed by atoms with Crippen LogP contribution >= 0.6 is 0 Å². The number of halogens is 2. The largest absolute Gasteiger partial charge is 0.486 e. The van der Waals surface area contributed by atoms with E-state index in [-0.39, 0.29) is 17.0 Å². The maximum absolute atomic E-state index is 13.6. The fraction of sp³-hybridized carbons (Fsp3) is 0.0833. The van der Waals surface area contributed by atoms with Gasteiger partial charge in [-0.05, 0) is 42.5 Å². The van der Waals surface area contributed by atoms with Crippen LogP contribution in [0.15, 0.2) is 65.1 Å². The molecule has 0 bridgehead atoms. The lowest BCUT2D eigenvalue weighted by Crippen LogP contribution is -2.18. The lowest BCUT2D eigenvalue weighted by atomic mass is 10.1. The minimum Gasteiger partial charge on any atom is -0.486 e. The molecule has 0 atom stereocenters. The van der Waals surface area contributed by atoms with Crippen molar-refractivity contribution in [3.05, 3.63) is 83.6 Å². The van der Waals surface area contributed by atoms with E-state index in [0.29, 0.717) is 41.4 Å². The Labute approximate surface area is 185 Å². The van der Waals surface area contributed by atoms with Gasteiger partial charge in [0.25, 0.3) is 11.8 Å². The highest BCUT2D eigenvalue weighted by molar-refractivity contribution is 6.16. The maximum Gasteiger partial charge on any atom is 0.293 e. The van der Waals surface area contributed by atoms with Crippen molar-refractivity contribution in [1.29, 1.82) is 0 Å². The number of nitrogens with one attached hydrogen (secondary N) is 2. The second-order valence-electron chi connectivity index (χ2n) is 7.20. The molecule has 2 heterocycles. The molecule has 0 saturated heterocycles. The van der Waals surface area contributed by atoms with Gasteiger partial charge in [-0.15, -0.1) is 0 Å². The molecule has 0 spiro atoms. The first kappa shape index (κ1) is 20.5.